The summed E-state index contributed by atoms with van der Waals surface area (Å²) in [5.74, 6) is 0. The molecule has 0 atom stereocenters. The summed E-state index contributed by atoms with van der Waals surface area (Å²) in [4.78, 5) is 0. The van der Waals surface area contributed by atoms with Gasteiger partial charge in [0.2, 0.25) is 0 Å². The maximum absolute atomic E-state index is 4.14. The van der Waals surface area contributed by atoms with E-state index >= 15 is 0 Å². The van der Waals surface area contributed by atoms with Gasteiger partial charge in [0.15, 0.2) is 0 Å². The zero-order valence-corrected chi connectivity index (χ0v) is 19.5. The molecule has 0 saturated carbocycles. The third kappa shape index (κ3) is 4.08. The van der Waals surface area contributed by atoms with Crippen LogP contribution in [0.1, 0.15) is 11.1 Å². The van der Waals surface area contributed by atoms with Gasteiger partial charge in [0, 0.05) is 0 Å². The molecule has 4 aromatic rings. The summed E-state index contributed by atoms with van der Waals surface area (Å²) in [6, 6.07) is 42.3. The molecule has 0 aliphatic heterocycles. The summed E-state index contributed by atoms with van der Waals surface area (Å²) in [6.45, 7) is 4.14. The van der Waals surface area contributed by atoms with Gasteiger partial charge in [-0.1, -0.05) is 0 Å². The Morgan fingerprint density at radius 2 is 1.07 bits per heavy atom. The van der Waals surface area contributed by atoms with Crippen LogP contribution in [0.15, 0.2) is 122 Å². The van der Waals surface area contributed by atoms with Crippen molar-refractivity contribution in [2.24, 2.45) is 0 Å². The summed E-state index contributed by atoms with van der Waals surface area (Å²) in [5, 5.41) is 0. The predicted molar refractivity (Wildman–Crippen MR) is 129 cm³/mol. The van der Waals surface area contributed by atoms with E-state index in [1.807, 2.05) is 6.08 Å². The van der Waals surface area contributed by atoms with Crippen molar-refractivity contribution in [1.82, 2.24) is 0 Å². The molecule has 0 nitrogen and oxygen atoms in total. The molecule has 0 aromatic heterocycles. The first kappa shape index (κ1) is 19.7. The van der Waals surface area contributed by atoms with Crippen LogP contribution in [0.4, 0.5) is 0 Å². The van der Waals surface area contributed by atoms with E-state index in [4.69, 9.17) is 0 Å². The van der Waals surface area contributed by atoms with Gasteiger partial charge in [-0.3, -0.25) is 0 Å². The van der Waals surface area contributed by atoms with E-state index in [2.05, 4.69) is 122 Å². The van der Waals surface area contributed by atoms with E-state index in [0.29, 0.717) is 0 Å². The van der Waals surface area contributed by atoms with E-state index in [0.717, 1.165) is 6.42 Å². The molecule has 1 heteroatoms. The number of hydrogen-bond acceptors (Lipinski definition) is 0. The Morgan fingerprint density at radius 1 is 0.586 bits per heavy atom. The van der Waals surface area contributed by atoms with Crippen molar-refractivity contribution in [3.8, 4) is 0 Å². The predicted octanol–water partition coefficient (Wildman–Crippen LogP) is 5.04. The number of benzene rings is 4. The van der Waals surface area contributed by atoms with Gasteiger partial charge in [-0.05, 0) is 0 Å². The average Bonchev–Trinajstić information content (AvgIpc) is 2.82. The van der Waals surface area contributed by atoms with Crippen LogP contribution >= 0.6 is 0 Å². The Kier molecular flexibility index (Phi) is 6.31. The summed E-state index contributed by atoms with van der Waals surface area (Å²) in [7, 11) is 0. The Balaban J connectivity index is 1.96. The van der Waals surface area contributed by atoms with E-state index in [1.54, 1.807) is 0 Å². The summed E-state index contributed by atoms with van der Waals surface area (Å²) >= 11 is -3.27. The number of rotatable bonds is 7. The first-order valence-corrected chi connectivity index (χ1v) is 16.5. The van der Waals surface area contributed by atoms with E-state index in [1.165, 1.54) is 26.3 Å². The fourth-order valence-electron chi connectivity index (χ4n) is 4.39. The van der Waals surface area contributed by atoms with E-state index < -0.39 is 18.4 Å². The number of hydrogen-bond donors (Lipinski definition) is 0. The van der Waals surface area contributed by atoms with Gasteiger partial charge < -0.3 is 0 Å². The van der Waals surface area contributed by atoms with Gasteiger partial charge in [-0.2, -0.15) is 0 Å². The molecule has 0 saturated heterocycles. The van der Waals surface area contributed by atoms with Crippen LogP contribution < -0.4 is 10.7 Å². The normalized spacial score (nSPS) is 11.2. The molecule has 0 amide bonds. The van der Waals surface area contributed by atoms with Gasteiger partial charge in [0.25, 0.3) is 0 Å². The van der Waals surface area contributed by atoms with Crippen molar-refractivity contribution in [3.05, 3.63) is 133 Å². The second-order valence-corrected chi connectivity index (χ2v) is 18.8. The van der Waals surface area contributed by atoms with Crippen molar-refractivity contribution in [3.63, 3.8) is 0 Å². The van der Waals surface area contributed by atoms with Crippen molar-refractivity contribution in [2.45, 2.75) is 10.9 Å². The Morgan fingerprint density at radius 3 is 1.62 bits per heavy atom. The molecule has 29 heavy (non-hydrogen) atoms. The first-order valence-electron chi connectivity index (χ1n) is 10.2. The molecule has 0 unspecified atom stereocenters. The van der Waals surface area contributed by atoms with Crippen LogP contribution in [-0.4, -0.2) is 18.4 Å². The van der Waals surface area contributed by atoms with Gasteiger partial charge in [-0.15, -0.1) is 0 Å². The van der Waals surface area contributed by atoms with Crippen LogP contribution in [0.3, 0.4) is 0 Å². The van der Waals surface area contributed by atoms with Gasteiger partial charge in [0.05, 0.1) is 0 Å². The molecular formula is C28H26Sn. The molecule has 0 fully saturated rings. The average molecular weight is 481 g/mol. The molecule has 4 aromatic carbocycles. The zero-order chi connectivity index (χ0) is 19.9. The Hall–Kier alpha value is -2.58. The third-order valence-electron chi connectivity index (χ3n) is 5.81. The van der Waals surface area contributed by atoms with E-state index in [-0.39, 0.29) is 0 Å². The van der Waals surface area contributed by atoms with Crippen LogP contribution in [0.25, 0.3) is 6.08 Å². The fraction of sp³-hybridized carbons (Fsp3) is 0.0714. The SMILES string of the molecule is C=Cc1cccc[c]1[Sn]([CH2]Cc1ccccc1)([c]1ccccc1)[c]1ccccc1. The molecule has 0 aliphatic carbocycles. The Labute approximate surface area is 178 Å². The molecular weight excluding hydrogens is 455 g/mol. The van der Waals surface area contributed by atoms with Crippen LogP contribution in [0.5, 0.6) is 0 Å². The zero-order valence-electron chi connectivity index (χ0n) is 16.7. The maximum atomic E-state index is 4.14. The quantitative estimate of drug-likeness (QED) is 0.325. The minimum absolute atomic E-state index is 1.09. The van der Waals surface area contributed by atoms with Crippen molar-refractivity contribution in [2.75, 3.05) is 0 Å². The molecule has 0 aliphatic rings. The van der Waals surface area contributed by atoms with Gasteiger partial charge in [0.1, 0.15) is 0 Å². The monoisotopic (exact) mass is 482 g/mol. The molecule has 0 bridgehead atoms. The molecule has 0 heterocycles. The van der Waals surface area contributed by atoms with Crippen molar-refractivity contribution < 1.29 is 0 Å². The van der Waals surface area contributed by atoms with Gasteiger partial charge >= 0.3 is 179 Å². The van der Waals surface area contributed by atoms with E-state index in [9.17, 15) is 0 Å². The molecule has 0 spiro atoms. The molecule has 142 valence electrons. The minimum atomic E-state index is -3.27. The standard InChI is InChI=1S/C8H9.C8H7.2C6H5.Sn/c2*1-2-8-6-4-3-5-7-8;2*1-2-4-6-5-3-1;/h3-7H,1-2H2;2-6H,1H2;2*1-5H;. The number of aryl methyl sites for hydroxylation is 1. The summed E-state index contributed by atoms with van der Waals surface area (Å²) in [5.41, 5.74) is 2.69. The van der Waals surface area contributed by atoms with Crippen LogP contribution in [0, 0.1) is 0 Å². The molecule has 4 rings (SSSR count). The van der Waals surface area contributed by atoms with Crippen molar-refractivity contribution in [1.29, 1.82) is 0 Å². The first-order chi connectivity index (χ1) is 14.3. The van der Waals surface area contributed by atoms with Crippen LogP contribution in [-0.2, 0) is 6.42 Å². The van der Waals surface area contributed by atoms with Gasteiger partial charge in [-0.25, -0.2) is 0 Å². The second kappa shape index (κ2) is 9.28. The molecule has 0 N–H and O–H groups in total. The van der Waals surface area contributed by atoms with Crippen LogP contribution in [0.2, 0.25) is 4.44 Å². The third-order valence-corrected chi connectivity index (χ3v) is 20.1. The second-order valence-electron chi connectivity index (χ2n) is 7.41. The topological polar surface area (TPSA) is 0 Å². The molecule has 0 radical (unpaired) electrons. The Bertz CT molecular complexity index is 1010. The fourth-order valence-corrected chi connectivity index (χ4v) is 18.8. The van der Waals surface area contributed by atoms with Crippen molar-refractivity contribution >= 4 is 35.2 Å². The summed E-state index contributed by atoms with van der Waals surface area (Å²) in [6.07, 6.45) is 3.13. The summed E-state index contributed by atoms with van der Waals surface area (Å²) < 4.78 is 5.76.